The molecule has 0 bridgehead atoms. The lowest BCUT2D eigenvalue weighted by Gasteiger charge is -2.29. The first-order chi connectivity index (χ1) is 15.2. The van der Waals surface area contributed by atoms with Gasteiger partial charge in [-0.3, -0.25) is 0 Å². The monoisotopic (exact) mass is 492 g/mol. The van der Waals surface area contributed by atoms with Crippen molar-refractivity contribution in [2.24, 2.45) is 5.92 Å². The number of hydrogen-bond acceptors (Lipinski definition) is 0. The lowest BCUT2D eigenvalue weighted by Crippen LogP contribution is -3.11. The van der Waals surface area contributed by atoms with Crippen LogP contribution >= 0.6 is 0 Å². The number of likely N-dealkylation sites (tertiary alicyclic amines) is 1. The van der Waals surface area contributed by atoms with Crippen molar-refractivity contribution in [1.29, 1.82) is 0 Å². The highest BCUT2D eigenvalue weighted by Crippen LogP contribution is 2.20. The van der Waals surface area contributed by atoms with E-state index in [0.29, 0.717) is 0 Å². The highest BCUT2D eigenvalue weighted by atomic mass is 35.5. The molecule has 1 heterocycles. The molecule has 4 rings (SSSR count). The van der Waals surface area contributed by atoms with Crippen molar-refractivity contribution in [3.8, 4) is 0 Å². The zero-order chi connectivity index (χ0) is 21.5. The quantitative estimate of drug-likeness (QED) is 0.347. The molecule has 1 aliphatic heterocycles. The zero-order valence-electron chi connectivity index (χ0n) is 18.7. The van der Waals surface area contributed by atoms with Crippen LogP contribution < -0.4 is 35.0 Å². The topological polar surface area (TPSA) is 21.1 Å². The lowest BCUT2D eigenvalue weighted by atomic mass is 9.92. The smallest absolute Gasteiger partial charge is 0.137 e. The van der Waals surface area contributed by atoms with Gasteiger partial charge in [0.25, 0.3) is 0 Å². The van der Waals surface area contributed by atoms with Gasteiger partial charge in [0.1, 0.15) is 24.2 Å². The van der Waals surface area contributed by atoms with E-state index in [1.807, 2.05) is 24.3 Å². The number of nitrogens with one attached hydrogen (secondary N) is 1. The van der Waals surface area contributed by atoms with Crippen molar-refractivity contribution in [3.05, 3.63) is 107 Å². The first-order valence-corrected chi connectivity index (χ1v) is 11.4. The molecule has 33 heavy (non-hydrogen) atoms. The van der Waals surface area contributed by atoms with Crippen LogP contribution in [0.5, 0.6) is 0 Å². The van der Waals surface area contributed by atoms with Gasteiger partial charge in [-0.2, -0.15) is 0 Å². The number of quaternary nitrogens is 2. The molecule has 1 fully saturated rings. The fourth-order valence-electron chi connectivity index (χ4n) is 4.74. The van der Waals surface area contributed by atoms with Crippen molar-refractivity contribution in [3.63, 3.8) is 0 Å². The molecule has 3 N–H and O–H groups in total. The Morgan fingerprint density at radius 1 is 0.758 bits per heavy atom. The van der Waals surface area contributed by atoms with Crippen LogP contribution in [0.25, 0.3) is 0 Å². The Morgan fingerprint density at radius 3 is 1.79 bits per heavy atom. The van der Waals surface area contributed by atoms with Crippen LogP contribution in [0.3, 0.4) is 0 Å². The normalized spacial score (nSPS) is 17.8. The number of rotatable bonds is 8. The minimum absolute atomic E-state index is 0. The van der Waals surface area contributed by atoms with Crippen LogP contribution in [0.2, 0.25) is 0 Å². The van der Waals surface area contributed by atoms with E-state index in [9.17, 15) is 8.78 Å². The maximum Gasteiger partial charge on any atom is 0.137 e. The summed E-state index contributed by atoms with van der Waals surface area (Å²) in [7, 11) is 0. The molecule has 0 amide bonds. The second kappa shape index (κ2) is 13.7. The third-order valence-corrected chi connectivity index (χ3v) is 6.54. The average molecular weight is 493 g/mol. The Morgan fingerprint density at radius 2 is 1.27 bits per heavy atom. The molecule has 0 saturated carbocycles. The van der Waals surface area contributed by atoms with Crippen LogP contribution in [-0.4, -0.2) is 19.6 Å². The van der Waals surface area contributed by atoms with Crippen LogP contribution in [0.1, 0.15) is 42.0 Å². The van der Waals surface area contributed by atoms with Crippen LogP contribution in [0.4, 0.5) is 8.78 Å². The standard InChI is InChI=1S/C27H30F2N2.2ClH/c28-25-10-6-23(7-11-25)27(24-8-12-26(29)13-9-24)30-17-14-21-15-18-31(19-16-21)20-22-4-2-1-3-5-22;;/h1-13,21,27,30H,14-20H2;2*1H. The summed E-state index contributed by atoms with van der Waals surface area (Å²) < 4.78 is 26.8. The Labute approximate surface area is 208 Å². The molecule has 3 aromatic rings. The molecule has 2 nitrogen and oxygen atoms in total. The first kappa shape index (κ1) is 27.3. The molecule has 0 spiro atoms. The minimum Gasteiger partial charge on any atom is -1.00 e. The van der Waals surface area contributed by atoms with Crippen molar-refractivity contribution >= 4 is 0 Å². The van der Waals surface area contributed by atoms with Crippen LogP contribution in [0, 0.1) is 17.6 Å². The van der Waals surface area contributed by atoms with Crippen LogP contribution in [0.15, 0.2) is 78.9 Å². The van der Waals surface area contributed by atoms with Gasteiger partial charge in [-0.1, -0.05) is 30.3 Å². The minimum atomic E-state index is -0.230. The van der Waals surface area contributed by atoms with Gasteiger partial charge in [-0.15, -0.1) is 0 Å². The molecule has 1 aliphatic rings. The molecule has 0 aliphatic carbocycles. The SMILES string of the molecule is Fc1ccc(C([NH2+]CCC2CC[NH+](Cc3ccccc3)CC2)c2ccc(F)cc2)cc1.[Cl-].[Cl-]. The predicted octanol–water partition coefficient (Wildman–Crippen LogP) is -2.49. The van der Waals surface area contributed by atoms with Crippen molar-refractivity contribution in [2.75, 3.05) is 19.6 Å². The number of hydrogen-bond donors (Lipinski definition) is 2. The number of benzene rings is 3. The molecule has 6 heteroatoms. The van der Waals surface area contributed by atoms with Crippen molar-refractivity contribution in [2.45, 2.75) is 31.8 Å². The Kier molecular flexibility index (Phi) is 11.3. The van der Waals surface area contributed by atoms with Crippen molar-refractivity contribution < 1.29 is 43.8 Å². The zero-order valence-corrected chi connectivity index (χ0v) is 20.2. The van der Waals surface area contributed by atoms with Gasteiger partial charge in [0.2, 0.25) is 0 Å². The number of nitrogens with two attached hydrogens (primary N) is 1. The van der Waals surface area contributed by atoms with E-state index in [1.54, 1.807) is 4.90 Å². The summed E-state index contributed by atoms with van der Waals surface area (Å²) in [6, 6.07) is 24.2. The third kappa shape index (κ3) is 8.08. The summed E-state index contributed by atoms with van der Waals surface area (Å²) in [5, 5.41) is 2.32. The second-order valence-electron chi connectivity index (χ2n) is 8.75. The van der Waals surface area contributed by atoms with E-state index >= 15 is 0 Å². The molecule has 0 aromatic heterocycles. The van der Waals surface area contributed by atoms with E-state index in [2.05, 4.69) is 35.6 Å². The van der Waals surface area contributed by atoms with E-state index in [-0.39, 0.29) is 42.5 Å². The van der Waals surface area contributed by atoms with Gasteiger partial charge in [0, 0.05) is 16.7 Å². The Bertz CT molecular complexity index is 883. The molecule has 1 saturated heterocycles. The molecule has 3 aromatic carbocycles. The van der Waals surface area contributed by atoms with E-state index in [4.69, 9.17) is 0 Å². The maximum atomic E-state index is 13.4. The van der Waals surface area contributed by atoms with Gasteiger partial charge >= 0.3 is 0 Å². The lowest BCUT2D eigenvalue weighted by molar-refractivity contribution is -0.919. The Balaban J connectivity index is 0.00000193. The molecule has 178 valence electrons. The van der Waals surface area contributed by atoms with Gasteiger partial charge in [0.05, 0.1) is 19.6 Å². The summed E-state index contributed by atoms with van der Waals surface area (Å²) >= 11 is 0. The summed E-state index contributed by atoms with van der Waals surface area (Å²) in [6.45, 7) is 4.60. The van der Waals surface area contributed by atoms with Crippen LogP contribution in [-0.2, 0) is 6.54 Å². The molecule has 0 radical (unpaired) electrons. The third-order valence-electron chi connectivity index (χ3n) is 6.54. The summed E-state index contributed by atoms with van der Waals surface area (Å²) in [4.78, 5) is 1.68. The van der Waals surface area contributed by atoms with E-state index in [0.717, 1.165) is 30.1 Å². The summed E-state index contributed by atoms with van der Waals surface area (Å²) in [6.07, 6.45) is 3.72. The molecular formula is C27H32Cl2F2N2. The highest BCUT2D eigenvalue weighted by molar-refractivity contribution is 5.29. The van der Waals surface area contributed by atoms with Gasteiger partial charge in [-0.05, 0) is 73.7 Å². The van der Waals surface area contributed by atoms with Crippen molar-refractivity contribution in [1.82, 2.24) is 0 Å². The maximum absolute atomic E-state index is 13.4. The highest BCUT2D eigenvalue weighted by Gasteiger charge is 2.24. The van der Waals surface area contributed by atoms with Gasteiger partial charge < -0.3 is 35.0 Å². The Hall–Kier alpha value is -1.98. The molecular weight excluding hydrogens is 461 g/mol. The largest absolute Gasteiger partial charge is 1.00 e. The second-order valence-corrected chi connectivity index (χ2v) is 8.75. The molecule has 0 atom stereocenters. The summed E-state index contributed by atoms with van der Waals surface area (Å²) in [5.41, 5.74) is 3.52. The first-order valence-electron chi connectivity index (χ1n) is 11.4. The number of halogens is 4. The van der Waals surface area contributed by atoms with E-state index in [1.165, 1.54) is 62.2 Å². The van der Waals surface area contributed by atoms with E-state index < -0.39 is 0 Å². The fourth-order valence-corrected chi connectivity index (χ4v) is 4.74. The predicted molar refractivity (Wildman–Crippen MR) is 120 cm³/mol. The average Bonchev–Trinajstić information content (AvgIpc) is 2.80. The van der Waals surface area contributed by atoms with Gasteiger partial charge in [0.15, 0.2) is 0 Å². The fraction of sp³-hybridized carbons (Fsp3) is 0.333. The number of piperidine rings is 1. The molecule has 0 unspecified atom stereocenters. The summed E-state index contributed by atoms with van der Waals surface area (Å²) in [5.74, 6) is 0.301. The van der Waals surface area contributed by atoms with Gasteiger partial charge in [-0.25, -0.2) is 8.78 Å².